The third-order valence-corrected chi connectivity index (χ3v) is 5.33. The molecule has 4 aromatic rings. The fourth-order valence-electron chi connectivity index (χ4n) is 3.62. The summed E-state index contributed by atoms with van der Waals surface area (Å²) in [7, 11) is 0. The summed E-state index contributed by atoms with van der Waals surface area (Å²) < 4.78 is 1.53. The second-order valence-electron chi connectivity index (χ2n) is 7.53. The van der Waals surface area contributed by atoms with Crippen LogP contribution < -0.4 is 10.9 Å². The fourth-order valence-corrected chi connectivity index (χ4v) is 3.62. The van der Waals surface area contributed by atoms with E-state index in [2.05, 4.69) is 10.3 Å². The Morgan fingerprint density at radius 1 is 1.00 bits per heavy atom. The molecule has 0 saturated heterocycles. The molecule has 0 spiro atoms. The molecule has 0 radical (unpaired) electrons. The highest BCUT2D eigenvalue weighted by Gasteiger charge is 2.16. The second kappa shape index (κ2) is 8.07. The third kappa shape index (κ3) is 3.74. The third-order valence-electron chi connectivity index (χ3n) is 5.33. The van der Waals surface area contributed by atoms with Crippen LogP contribution in [0.2, 0.25) is 0 Å². The molecule has 32 heavy (non-hydrogen) atoms. The van der Waals surface area contributed by atoms with Crippen molar-refractivity contribution in [3.63, 3.8) is 0 Å². The van der Waals surface area contributed by atoms with Gasteiger partial charge in [-0.25, -0.2) is 4.98 Å². The largest absolute Gasteiger partial charge is 0.322 e. The maximum absolute atomic E-state index is 13.0. The number of benzene rings is 3. The summed E-state index contributed by atoms with van der Waals surface area (Å²) in [5, 5.41) is 14.5. The molecule has 0 fully saturated rings. The average Bonchev–Trinajstić information content (AvgIpc) is 2.75. The van der Waals surface area contributed by atoms with Gasteiger partial charge in [0, 0.05) is 22.9 Å². The van der Waals surface area contributed by atoms with E-state index in [4.69, 9.17) is 0 Å². The number of anilines is 1. The summed E-state index contributed by atoms with van der Waals surface area (Å²) in [6.45, 7) is 5.20. The number of carbonyl (C=O) groups is 1. The van der Waals surface area contributed by atoms with Gasteiger partial charge in [0.15, 0.2) is 0 Å². The Kier molecular flexibility index (Phi) is 5.28. The molecule has 0 aliphatic heterocycles. The van der Waals surface area contributed by atoms with Crippen LogP contribution in [0.25, 0.3) is 16.6 Å². The lowest BCUT2D eigenvalue weighted by atomic mass is 10.1. The molecule has 0 aliphatic rings. The number of carbonyl (C=O) groups excluding carboxylic acids is 1. The zero-order valence-corrected chi connectivity index (χ0v) is 17.7. The van der Waals surface area contributed by atoms with Crippen molar-refractivity contribution < 1.29 is 9.72 Å². The van der Waals surface area contributed by atoms with E-state index < -0.39 is 10.8 Å². The molecule has 0 aliphatic carbocycles. The van der Waals surface area contributed by atoms with Gasteiger partial charge in [-0.3, -0.25) is 24.3 Å². The van der Waals surface area contributed by atoms with Crippen LogP contribution in [0.5, 0.6) is 0 Å². The van der Waals surface area contributed by atoms with Gasteiger partial charge in [0.2, 0.25) is 0 Å². The topological polar surface area (TPSA) is 107 Å². The Labute approximate surface area is 183 Å². The van der Waals surface area contributed by atoms with Crippen molar-refractivity contribution in [1.29, 1.82) is 0 Å². The van der Waals surface area contributed by atoms with Crippen LogP contribution in [0, 0.1) is 30.9 Å². The molecule has 1 aromatic heterocycles. The number of rotatable bonds is 4. The van der Waals surface area contributed by atoms with Gasteiger partial charge in [-0.15, -0.1) is 0 Å². The van der Waals surface area contributed by atoms with Gasteiger partial charge < -0.3 is 5.32 Å². The van der Waals surface area contributed by atoms with Crippen LogP contribution in [0.1, 0.15) is 27.3 Å². The molecular weight excluding hydrogens is 408 g/mol. The molecule has 8 heteroatoms. The molecule has 1 N–H and O–H groups in total. The van der Waals surface area contributed by atoms with Crippen molar-refractivity contribution in [2.45, 2.75) is 20.8 Å². The molecule has 1 heterocycles. The number of nitrogens with zero attached hydrogens (tertiary/aromatic N) is 3. The Bertz CT molecular complexity index is 1460. The molecular formula is C24H20N4O4. The van der Waals surface area contributed by atoms with E-state index in [0.29, 0.717) is 33.7 Å². The van der Waals surface area contributed by atoms with Crippen molar-refractivity contribution in [3.05, 3.63) is 104 Å². The van der Waals surface area contributed by atoms with Gasteiger partial charge >= 0.3 is 0 Å². The van der Waals surface area contributed by atoms with Gasteiger partial charge in [-0.1, -0.05) is 18.2 Å². The number of aryl methyl sites for hydroxylation is 3. The van der Waals surface area contributed by atoms with Crippen molar-refractivity contribution in [3.8, 4) is 5.69 Å². The Hall–Kier alpha value is -4.33. The van der Waals surface area contributed by atoms with Crippen molar-refractivity contribution >= 4 is 28.2 Å². The molecule has 0 bridgehead atoms. The first kappa shape index (κ1) is 20.9. The summed E-state index contributed by atoms with van der Waals surface area (Å²) in [5.74, 6) is 0.0986. The summed E-state index contributed by atoms with van der Waals surface area (Å²) >= 11 is 0. The van der Waals surface area contributed by atoms with E-state index >= 15 is 0 Å². The van der Waals surface area contributed by atoms with Crippen LogP contribution in [0.3, 0.4) is 0 Å². The molecule has 1 amide bonds. The highest BCUT2D eigenvalue weighted by Crippen LogP contribution is 2.23. The Morgan fingerprint density at radius 2 is 1.75 bits per heavy atom. The predicted molar refractivity (Wildman–Crippen MR) is 123 cm³/mol. The van der Waals surface area contributed by atoms with E-state index in [1.165, 1.54) is 10.6 Å². The minimum absolute atomic E-state index is 0.108. The molecule has 0 saturated carbocycles. The molecule has 3 aromatic carbocycles. The van der Waals surface area contributed by atoms with E-state index in [1.807, 2.05) is 13.0 Å². The van der Waals surface area contributed by atoms with Crippen molar-refractivity contribution in [1.82, 2.24) is 9.55 Å². The molecule has 8 nitrogen and oxygen atoms in total. The number of nitro groups is 1. The van der Waals surface area contributed by atoms with Gasteiger partial charge in [-0.05, 0) is 62.7 Å². The first-order valence-corrected chi connectivity index (χ1v) is 9.92. The number of nitro benzene ring substituents is 1. The number of amides is 1. The lowest BCUT2D eigenvalue weighted by molar-refractivity contribution is -0.385. The van der Waals surface area contributed by atoms with E-state index in [9.17, 15) is 19.7 Å². The molecule has 0 unspecified atom stereocenters. The van der Waals surface area contributed by atoms with E-state index in [0.717, 1.165) is 5.56 Å². The number of hydrogen-bond donors (Lipinski definition) is 1. The fraction of sp³-hybridized carbons (Fsp3) is 0.125. The van der Waals surface area contributed by atoms with Gasteiger partial charge in [0.05, 0.1) is 21.5 Å². The minimum Gasteiger partial charge on any atom is -0.322 e. The Balaban J connectivity index is 1.67. The van der Waals surface area contributed by atoms with Gasteiger partial charge in [0.1, 0.15) is 5.82 Å². The maximum atomic E-state index is 13.0. The zero-order valence-electron chi connectivity index (χ0n) is 17.7. The van der Waals surface area contributed by atoms with Crippen LogP contribution in [0.15, 0.2) is 65.5 Å². The summed E-state index contributed by atoms with van der Waals surface area (Å²) in [6.07, 6.45) is 0. The lowest BCUT2D eigenvalue weighted by Crippen LogP contribution is -2.22. The quantitative estimate of drug-likeness (QED) is 0.381. The number of hydrogen-bond acceptors (Lipinski definition) is 5. The zero-order chi connectivity index (χ0) is 23.0. The molecule has 4 rings (SSSR count). The Morgan fingerprint density at radius 3 is 2.47 bits per heavy atom. The minimum atomic E-state index is -0.510. The number of para-hydroxylation sites is 1. The van der Waals surface area contributed by atoms with Crippen LogP contribution in [-0.2, 0) is 0 Å². The number of nitrogens with one attached hydrogen (secondary N) is 1. The number of fused-ring (bicyclic) bond motifs is 1. The van der Waals surface area contributed by atoms with Gasteiger partial charge in [0.25, 0.3) is 17.2 Å². The molecule has 0 atom stereocenters. The predicted octanol–water partition coefficient (Wildman–Crippen LogP) is 4.47. The van der Waals surface area contributed by atoms with Crippen molar-refractivity contribution in [2.24, 2.45) is 0 Å². The summed E-state index contributed by atoms with van der Waals surface area (Å²) in [4.78, 5) is 40.9. The molecule has 160 valence electrons. The maximum Gasteiger partial charge on any atom is 0.273 e. The second-order valence-corrected chi connectivity index (χ2v) is 7.53. The van der Waals surface area contributed by atoms with Crippen LogP contribution in [0.4, 0.5) is 11.4 Å². The normalized spacial score (nSPS) is 10.8. The standard InChI is InChI=1S/C24H20N4O4/c1-14-8-9-17(13-22(14)28(31)32)23(29)26-20-11-10-18(12-15(20)2)27-16(3)25-21-7-5-4-6-19(21)24(27)30/h4-13H,1-3H3,(H,26,29). The van der Waals surface area contributed by atoms with Gasteiger partial charge in [-0.2, -0.15) is 0 Å². The van der Waals surface area contributed by atoms with Crippen LogP contribution >= 0.6 is 0 Å². The van der Waals surface area contributed by atoms with E-state index in [-0.39, 0.29) is 16.8 Å². The van der Waals surface area contributed by atoms with Crippen LogP contribution in [-0.4, -0.2) is 20.4 Å². The smallest absolute Gasteiger partial charge is 0.273 e. The van der Waals surface area contributed by atoms with Crippen molar-refractivity contribution in [2.75, 3.05) is 5.32 Å². The number of aromatic nitrogens is 2. The average molecular weight is 428 g/mol. The van der Waals surface area contributed by atoms with E-state index in [1.54, 1.807) is 62.4 Å². The first-order chi connectivity index (χ1) is 15.3. The lowest BCUT2D eigenvalue weighted by Gasteiger charge is -2.14. The monoisotopic (exact) mass is 428 g/mol. The summed E-state index contributed by atoms with van der Waals surface area (Å²) in [5.41, 5.74) is 2.94. The highest BCUT2D eigenvalue weighted by molar-refractivity contribution is 6.05. The first-order valence-electron chi connectivity index (χ1n) is 9.92. The summed E-state index contributed by atoms with van der Waals surface area (Å²) in [6, 6.07) is 16.7. The SMILES string of the molecule is Cc1cc(-n2c(C)nc3ccccc3c2=O)ccc1NC(=O)c1ccc(C)c([N+](=O)[O-])c1. The highest BCUT2D eigenvalue weighted by atomic mass is 16.6.